The third-order valence-electron chi connectivity index (χ3n) is 4.69. The van der Waals surface area contributed by atoms with Gasteiger partial charge in [0.1, 0.15) is 0 Å². The number of ether oxygens (including phenoxy) is 1. The fraction of sp³-hybridized carbons (Fsp3) is 0.462. The largest absolute Gasteiger partial charge is 0.469 e. The first-order valence-corrected chi connectivity index (χ1v) is 5.48. The summed E-state index contributed by atoms with van der Waals surface area (Å²) in [7, 11) is 1.50. The molecule has 3 aliphatic carbocycles. The number of rotatable bonds is 1. The number of carbonyl (C=O) groups excluding carboxylic acids is 1. The third kappa shape index (κ3) is 0.612. The van der Waals surface area contributed by atoms with E-state index in [4.69, 9.17) is 4.74 Å². The zero-order chi connectivity index (χ0) is 10.2. The summed E-state index contributed by atoms with van der Waals surface area (Å²) in [5, 5.41) is 0. The van der Waals surface area contributed by atoms with Crippen LogP contribution >= 0.6 is 0 Å². The molecule has 3 aliphatic rings. The fourth-order valence-corrected chi connectivity index (χ4v) is 4.10. The van der Waals surface area contributed by atoms with Crippen LogP contribution in [-0.2, 0) is 9.53 Å². The van der Waals surface area contributed by atoms with Crippen LogP contribution in [0.5, 0.6) is 0 Å². The molecule has 0 saturated heterocycles. The van der Waals surface area contributed by atoms with Crippen molar-refractivity contribution in [1.29, 1.82) is 0 Å². The van der Waals surface area contributed by atoms with E-state index in [2.05, 4.69) is 24.3 Å². The molecule has 0 amide bonds. The van der Waals surface area contributed by atoms with Gasteiger partial charge in [-0.2, -0.15) is 0 Å². The van der Waals surface area contributed by atoms with Gasteiger partial charge in [-0.3, -0.25) is 4.79 Å². The first kappa shape index (κ1) is 7.91. The van der Waals surface area contributed by atoms with Gasteiger partial charge in [-0.15, -0.1) is 0 Å². The minimum absolute atomic E-state index is 0.0169. The zero-order valence-corrected chi connectivity index (χ0v) is 8.57. The summed E-state index contributed by atoms with van der Waals surface area (Å²) in [5.41, 5.74) is 2.79. The van der Waals surface area contributed by atoms with E-state index in [0.29, 0.717) is 17.8 Å². The second kappa shape index (κ2) is 2.11. The van der Waals surface area contributed by atoms with Gasteiger partial charge in [-0.1, -0.05) is 24.3 Å². The number of methoxy groups -OCH3 is 1. The smallest absolute Gasteiger partial charge is 0.312 e. The number of esters is 1. The van der Waals surface area contributed by atoms with E-state index < -0.39 is 0 Å². The Morgan fingerprint density at radius 3 is 2.87 bits per heavy atom. The molecule has 4 atom stereocenters. The Balaban J connectivity index is 1.82. The predicted molar refractivity (Wildman–Crippen MR) is 54.5 cm³/mol. The molecule has 4 rings (SSSR count). The molecule has 0 radical (unpaired) electrons. The van der Waals surface area contributed by atoms with Gasteiger partial charge in [-0.25, -0.2) is 0 Å². The Kier molecular flexibility index (Phi) is 1.11. The molecule has 0 spiro atoms. The molecule has 2 saturated carbocycles. The minimum atomic E-state index is -0.103. The normalized spacial score (nSPS) is 42.6. The van der Waals surface area contributed by atoms with Crippen LogP contribution in [0.25, 0.3) is 0 Å². The van der Waals surface area contributed by atoms with Crippen molar-refractivity contribution < 1.29 is 9.53 Å². The number of carbonyl (C=O) groups is 1. The topological polar surface area (TPSA) is 26.3 Å². The van der Waals surface area contributed by atoms with E-state index in [0.717, 1.165) is 6.42 Å². The molecule has 1 aromatic carbocycles. The summed E-state index contributed by atoms with van der Waals surface area (Å²) in [4.78, 5) is 11.7. The number of hydrogen-bond acceptors (Lipinski definition) is 2. The SMILES string of the molecule is COC(=O)[C@]12C[C@@H]3c4ccccc4[C@H]1[C@@H]32. The minimum Gasteiger partial charge on any atom is -0.469 e. The van der Waals surface area contributed by atoms with Crippen molar-refractivity contribution in [2.24, 2.45) is 11.3 Å². The highest BCUT2D eigenvalue weighted by Crippen LogP contribution is 2.86. The Hall–Kier alpha value is -1.31. The Morgan fingerprint density at radius 2 is 2.13 bits per heavy atom. The quantitative estimate of drug-likeness (QED) is 0.648. The number of fused-ring (bicyclic) bond motifs is 4. The van der Waals surface area contributed by atoms with Gasteiger partial charge in [0.05, 0.1) is 12.5 Å². The van der Waals surface area contributed by atoms with Crippen LogP contribution in [0.15, 0.2) is 24.3 Å². The fourth-order valence-electron chi connectivity index (χ4n) is 4.10. The molecule has 2 heteroatoms. The summed E-state index contributed by atoms with van der Waals surface area (Å²) in [6.45, 7) is 0. The third-order valence-corrected chi connectivity index (χ3v) is 4.69. The average molecular weight is 200 g/mol. The highest BCUT2D eigenvalue weighted by Gasteiger charge is 2.83. The maximum atomic E-state index is 11.7. The molecule has 2 fully saturated rings. The predicted octanol–water partition coefficient (Wildman–Crippen LogP) is 2.06. The number of hydrogen-bond donors (Lipinski definition) is 0. The van der Waals surface area contributed by atoms with Crippen LogP contribution in [0.2, 0.25) is 0 Å². The van der Waals surface area contributed by atoms with Crippen LogP contribution in [0.1, 0.15) is 29.4 Å². The lowest BCUT2D eigenvalue weighted by molar-refractivity contribution is -0.151. The highest BCUT2D eigenvalue weighted by molar-refractivity contribution is 5.88. The van der Waals surface area contributed by atoms with Gasteiger partial charge in [0.2, 0.25) is 0 Å². The van der Waals surface area contributed by atoms with Crippen molar-refractivity contribution in [2.75, 3.05) is 7.11 Å². The van der Waals surface area contributed by atoms with Crippen molar-refractivity contribution in [3.63, 3.8) is 0 Å². The molecule has 2 nitrogen and oxygen atoms in total. The average Bonchev–Trinajstić information content (AvgIpc) is 2.67. The summed E-state index contributed by atoms with van der Waals surface area (Å²) in [6.07, 6.45) is 1.02. The van der Waals surface area contributed by atoms with E-state index >= 15 is 0 Å². The van der Waals surface area contributed by atoms with Gasteiger partial charge in [0.25, 0.3) is 0 Å². The van der Waals surface area contributed by atoms with Gasteiger partial charge >= 0.3 is 5.97 Å². The summed E-state index contributed by atoms with van der Waals surface area (Å²) < 4.78 is 4.93. The molecular formula is C13H12O2. The molecule has 0 unspecified atom stereocenters. The molecule has 0 heterocycles. The highest BCUT2D eigenvalue weighted by atomic mass is 16.5. The van der Waals surface area contributed by atoms with Gasteiger partial charge in [-0.05, 0) is 29.4 Å². The van der Waals surface area contributed by atoms with Crippen LogP contribution in [-0.4, -0.2) is 13.1 Å². The van der Waals surface area contributed by atoms with Gasteiger partial charge in [0, 0.05) is 5.92 Å². The van der Waals surface area contributed by atoms with E-state index in [1.807, 2.05) is 0 Å². The monoisotopic (exact) mass is 200 g/mol. The van der Waals surface area contributed by atoms with Gasteiger partial charge < -0.3 is 4.74 Å². The Bertz CT molecular complexity index is 479. The van der Waals surface area contributed by atoms with Gasteiger partial charge in [0.15, 0.2) is 0 Å². The zero-order valence-electron chi connectivity index (χ0n) is 8.57. The molecule has 1 aromatic rings. The van der Waals surface area contributed by atoms with E-state index in [-0.39, 0.29) is 11.4 Å². The molecular weight excluding hydrogens is 188 g/mol. The molecule has 0 N–H and O–H groups in total. The Labute approximate surface area is 88.2 Å². The van der Waals surface area contributed by atoms with Crippen molar-refractivity contribution in [3.8, 4) is 0 Å². The van der Waals surface area contributed by atoms with E-state index in [9.17, 15) is 4.79 Å². The first-order chi connectivity index (χ1) is 7.30. The summed E-state index contributed by atoms with van der Waals surface area (Å²) >= 11 is 0. The van der Waals surface area contributed by atoms with Crippen LogP contribution < -0.4 is 0 Å². The summed E-state index contributed by atoms with van der Waals surface area (Å²) in [5.74, 6) is 1.71. The van der Waals surface area contributed by atoms with Crippen LogP contribution in [0.4, 0.5) is 0 Å². The Morgan fingerprint density at radius 1 is 1.40 bits per heavy atom. The standard InChI is InChI=1S/C13H12O2/c1-15-12(14)13-6-9-7-4-2-3-5-8(7)10(13)11(9)13/h2-5,9-11H,6H2,1H3/t9-,10+,11-,13-/m1/s1. The molecule has 0 aliphatic heterocycles. The second-order valence-corrected chi connectivity index (χ2v) is 4.97. The van der Waals surface area contributed by atoms with Crippen molar-refractivity contribution in [1.82, 2.24) is 0 Å². The molecule has 0 aromatic heterocycles. The summed E-state index contributed by atoms with van der Waals surface area (Å²) in [6, 6.07) is 8.57. The second-order valence-electron chi connectivity index (χ2n) is 4.97. The molecule has 76 valence electrons. The molecule has 0 bridgehead atoms. The van der Waals surface area contributed by atoms with Crippen molar-refractivity contribution in [2.45, 2.75) is 18.3 Å². The van der Waals surface area contributed by atoms with E-state index in [1.54, 1.807) is 0 Å². The van der Waals surface area contributed by atoms with Crippen molar-refractivity contribution in [3.05, 3.63) is 35.4 Å². The maximum absolute atomic E-state index is 11.7. The first-order valence-electron chi connectivity index (χ1n) is 5.48. The van der Waals surface area contributed by atoms with E-state index in [1.165, 1.54) is 18.2 Å². The van der Waals surface area contributed by atoms with Crippen LogP contribution in [0.3, 0.4) is 0 Å². The molecule has 15 heavy (non-hydrogen) atoms. The number of benzene rings is 1. The lowest BCUT2D eigenvalue weighted by atomic mass is 9.69. The maximum Gasteiger partial charge on any atom is 0.312 e. The van der Waals surface area contributed by atoms with Crippen molar-refractivity contribution >= 4 is 5.97 Å². The lowest BCUT2D eigenvalue weighted by Crippen LogP contribution is -2.34. The van der Waals surface area contributed by atoms with Crippen LogP contribution in [0, 0.1) is 11.3 Å². The lowest BCUT2D eigenvalue weighted by Gasteiger charge is -2.35.